The van der Waals surface area contributed by atoms with Crippen LogP contribution in [0.15, 0.2) is 46.9 Å². The summed E-state index contributed by atoms with van der Waals surface area (Å²) in [5, 5.41) is 14.0. The fourth-order valence-corrected chi connectivity index (χ4v) is 2.92. The lowest BCUT2D eigenvalue weighted by atomic mass is 9.92. The summed E-state index contributed by atoms with van der Waals surface area (Å²) in [4.78, 5) is 0. The zero-order valence-electron chi connectivity index (χ0n) is 10.8. The van der Waals surface area contributed by atoms with Crippen molar-refractivity contribution in [3.63, 3.8) is 0 Å². The Labute approximate surface area is 136 Å². The maximum atomic E-state index is 9.81. The molecule has 0 amide bonds. The summed E-state index contributed by atoms with van der Waals surface area (Å²) in [5.74, 6) is 0. The second kappa shape index (κ2) is 6.35. The van der Waals surface area contributed by atoms with Crippen LogP contribution in [0.5, 0.6) is 0 Å². The molecule has 1 unspecified atom stereocenters. The Morgan fingerprint density at radius 3 is 2.55 bits per heavy atom. The van der Waals surface area contributed by atoms with E-state index in [9.17, 15) is 5.11 Å². The highest BCUT2D eigenvalue weighted by Crippen LogP contribution is 2.35. The zero-order valence-corrected chi connectivity index (χ0v) is 13.9. The molecule has 2 aromatic carbocycles. The van der Waals surface area contributed by atoms with Crippen LogP contribution >= 0.6 is 39.1 Å². The van der Waals surface area contributed by atoms with Gasteiger partial charge in [-0.05, 0) is 36.8 Å². The first-order valence-corrected chi connectivity index (χ1v) is 7.60. The quantitative estimate of drug-likeness (QED) is 0.782. The van der Waals surface area contributed by atoms with E-state index in [-0.39, 0.29) is 6.61 Å². The Morgan fingerprint density at radius 1 is 1.20 bits per heavy atom. The minimum Gasteiger partial charge on any atom is -0.394 e. The van der Waals surface area contributed by atoms with E-state index in [0.717, 1.165) is 15.7 Å². The van der Waals surface area contributed by atoms with E-state index in [1.165, 1.54) is 0 Å². The number of benzene rings is 2. The lowest BCUT2D eigenvalue weighted by Crippen LogP contribution is -2.36. The van der Waals surface area contributed by atoms with Gasteiger partial charge in [0.1, 0.15) is 0 Å². The third-order valence-electron chi connectivity index (χ3n) is 3.11. The van der Waals surface area contributed by atoms with Crippen molar-refractivity contribution in [1.82, 2.24) is 0 Å². The van der Waals surface area contributed by atoms with Gasteiger partial charge in [0.15, 0.2) is 0 Å². The summed E-state index contributed by atoms with van der Waals surface area (Å²) < 4.78 is 0.958. The van der Waals surface area contributed by atoms with Crippen molar-refractivity contribution in [3.8, 4) is 0 Å². The van der Waals surface area contributed by atoms with Gasteiger partial charge in [-0.3, -0.25) is 0 Å². The van der Waals surface area contributed by atoms with Gasteiger partial charge in [0.2, 0.25) is 0 Å². The molecule has 0 heterocycles. The first-order valence-electron chi connectivity index (χ1n) is 6.05. The molecule has 0 aromatic heterocycles. The van der Waals surface area contributed by atoms with Crippen LogP contribution in [0.3, 0.4) is 0 Å². The number of nitrogens with one attached hydrogen (secondary N) is 1. The number of rotatable bonds is 4. The number of hydrogen-bond donors (Lipinski definition) is 2. The van der Waals surface area contributed by atoms with Gasteiger partial charge >= 0.3 is 0 Å². The Kier molecular flexibility index (Phi) is 4.97. The number of anilines is 1. The SMILES string of the molecule is CC(CO)(Nc1cccc(Br)c1)c1cccc(Cl)c1Cl. The van der Waals surface area contributed by atoms with Crippen molar-refractivity contribution in [3.05, 3.63) is 62.5 Å². The van der Waals surface area contributed by atoms with Crippen LogP contribution in [0.1, 0.15) is 12.5 Å². The fourth-order valence-electron chi connectivity index (χ4n) is 2.01. The van der Waals surface area contributed by atoms with Crippen LogP contribution in [0.25, 0.3) is 0 Å². The van der Waals surface area contributed by atoms with Crippen molar-refractivity contribution in [2.24, 2.45) is 0 Å². The third kappa shape index (κ3) is 3.29. The Morgan fingerprint density at radius 2 is 1.90 bits per heavy atom. The van der Waals surface area contributed by atoms with Crippen LogP contribution in [0.2, 0.25) is 10.0 Å². The molecule has 0 fully saturated rings. The monoisotopic (exact) mass is 373 g/mol. The third-order valence-corrected chi connectivity index (χ3v) is 4.42. The predicted molar refractivity (Wildman–Crippen MR) is 88.7 cm³/mol. The summed E-state index contributed by atoms with van der Waals surface area (Å²) in [5.41, 5.74) is 0.920. The summed E-state index contributed by atoms with van der Waals surface area (Å²) in [6.45, 7) is 1.77. The lowest BCUT2D eigenvalue weighted by Gasteiger charge is -2.31. The van der Waals surface area contributed by atoms with Gasteiger partial charge in [-0.15, -0.1) is 0 Å². The molecule has 0 aliphatic heterocycles. The van der Waals surface area contributed by atoms with Gasteiger partial charge < -0.3 is 10.4 Å². The average molecular weight is 375 g/mol. The smallest absolute Gasteiger partial charge is 0.0843 e. The van der Waals surface area contributed by atoms with Crippen molar-refractivity contribution < 1.29 is 5.11 Å². The fraction of sp³-hybridized carbons (Fsp3) is 0.200. The highest BCUT2D eigenvalue weighted by Gasteiger charge is 2.28. The van der Waals surface area contributed by atoms with Gasteiger partial charge in [-0.25, -0.2) is 0 Å². The highest BCUT2D eigenvalue weighted by molar-refractivity contribution is 9.10. The second-order valence-electron chi connectivity index (χ2n) is 4.73. The normalized spacial score (nSPS) is 13.8. The molecule has 0 radical (unpaired) electrons. The molecular weight excluding hydrogens is 361 g/mol. The van der Waals surface area contributed by atoms with Crippen LogP contribution in [-0.2, 0) is 5.54 Å². The predicted octanol–water partition coefficient (Wildman–Crippen LogP) is 5.08. The molecule has 2 nitrogen and oxygen atoms in total. The molecule has 20 heavy (non-hydrogen) atoms. The molecule has 0 aliphatic rings. The molecule has 5 heteroatoms. The summed E-state index contributed by atoms with van der Waals surface area (Å²) in [7, 11) is 0. The Hall–Kier alpha value is -0.740. The molecule has 2 aromatic rings. The first-order chi connectivity index (χ1) is 9.46. The highest BCUT2D eigenvalue weighted by atomic mass is 79.9. The van der Waals surface area contributed by atoms with Crippen LogP contribution in [0, 0.1) is 0 Å². The average Bonchev–Trinajstić information content (AvgIpc) is 2.41. The van der Waals surface area contributed by atoms with Gasteiger partial charge in [0, 0.05) is 10.2 Å². The maximum absolute atomic E-state index is 9.81. The van der Waals surface area contributed by atoms with Crippen molar-refractivity contribution >= 4 is 44.8 Å². The summed E-state index contributed by atoms with van der Waals surface area (Å²) in [6.07, 6.45) is 0. The molecular formula is C15H14BrCl2NO. The van der Waals surface area contributed by atoms with Gasteiger partial charge in [0.05, 0.1) is 22.2 Å². The molecule has 0 spiro atoms. The molecule has 0 aliphatic carbocycles. The van der Waals surface area contributed by atoms with Gasteiger partial charge in [-0.2, -0.15) is 0 Å². The molecule has 0 saturated heterocycles. The standard InChI is InChI=1S/C15H14BrCl2NO/c1-15(9-20,12-6-3-7-13(17)14(12)18)19-11-5-2-4-10(16)8-11/h2-8,19-20H,9H2,1H3. The van der Waals surface area contributed by atoms with Gasteiger partial charge in [-0.1, -0.05) is 57.3 Å². The minimum absolute atomic E-state index is 0.112. The number of halogens is 3. The van der Waals surface area contributed by atoms with E-state index in [2.05, 4.69) is 21.2 Å². The minimum atomic E-state index is -0.719. The zero-order chi connectivity index (χ0) is 14.8. The molecule has 1 atom stereocenters. The maximum Gasteiger partial charge on any atom is 0.0843 e. The van der Waals surface area contributed by atoms with Crippen LogP contribution in [-0.4, -0.2) is 11.7 Å². The summed E-state index contributed by atoms with van der Waals surface area (Å²) >= 11 is 15.7. The van der Waals surface area contributed by atoms with Crippen molar-refractivity contribution in [2.45, 2.75) is 12.5 Å². The molecule has 106 valence electrons. The van der Waals surface area contributed by atoms with E-state index in [1.54, 1.807) is 6.07 Å². The molecule has 0 saturated carbocycles. The van der Waals surface area contributed by atoms with Crippen molar-refractivity contribution in [1.29, 1.82) is 0 Å². The van der Waals surface area contributed by atoms with E-state index in [4.69, 9.17) is 23.2 Å². The van der Waals surface area contributed by atoms with E-state index in [1.807, 2.05) is 43.3 Å². The molecule has 2 rings (SSSR count). The van der Waals surface area contributed by atoms with Crippen molar-refractivity contribution in [2.75, 3.05) is 11.9 Å². The Bertz CT molecular complexity index is 621. The second-order valence-corrected chi connectivity index (χ2v) is 6.43. The van der Waals surface area contributed by atoms with E-state index < -0.39 is 5.54 Å². The topological polar surface area (TPSA) is 32.3 Å². The largest absolute Gasteiger partial charge is 0.394 e. The van der Waals surface area contributed by atoms with Crippen LogP contribution < -0.4 is 5.32 Å². The first kappa shape index (κ1) is 15.6. The molecule has 0 bridgehead atoms. The van der Waals surface area contributed by atoms with E-state index in [0.29, 0.717) is 10.0 Å². The number of hydrogen-bond acceptors (Lipinski definition) is 2. The lowest BCUT2D eigenvalue weighted by molar-refractivity contribution is 0.224. The van der Waals surface area contributed by atoms with Gasteiger partial charge in [0.25, 0.3) is 0 Å². The van der Waals surface area contributed by atoms with E-state index >= 15 is 0 Å². The molecule has 2 N–H and O–H groups in total. The Balaban J connectivity index is 2.41. The number of aliphatic hydroxyl groups is 1. The summed E-state index contributed by atoms with van der Waals surface area (Å²) in [6, 6.07) is 13.1. The van der Waals surface area contributed by atoms with Crippen LogP contribution in [0.4, 0.5) is 5.69 Å². The number of aliphatic hydroxyl groups excluding tert-OH is 1.